The van der Waals surface area contributed by atoms with E-state index in [-0.39, 0.29) is 30.4 Å². The van der Waals surface area contributed by atoms with E-state index in [1.807, 2.05) is 30.3 Å². The summed E-state index contributed by atoms with van der Waals surface area (Å²) in [5, 5.41) is 12.6. The van der Waals surface area contributed by atoms with E-state index < -0.39 is 0 Å². The first kappa shape index (κ1) is 15.2. The van der Waals surface area contributed by atoms with Gasteiger partial charge in [0.05, 0.1) is 12.6 Å². The number of aryl methyl sites for hydroxylation is 1. The predicted octanol–water partition coefficient (Wildman–Crippen LogP) is -0.0928. The van der Waals surface area contributed by atoms with Crippen molar-refractivity contribution in [1.29, 1.82) is 0 Å². The monoisotopic (exact) mass is 289 g/mol. The maximum absolute atomic E-state index is 12.0. The van der Waals surface area contributed by atoms with E-state index in [2.05, 4.69) is 5.32 Å². The Kier molecular flexibility index (Phi) is 4.72. The van der Waals surface area contributed by atoms with E-state index >= 15 is 0 Å². The minimum absolute atomic E-state index is 0.0733. The van der Waals surface area contributed by atoms with Crippen molar-refractivity contribution in [3.63, 3.8) is 0 Å². The number of aromatic nitrogens is 2. The van der Waals surface area contributed by atoms with E-state index in [1.165, 1.54) is 17.8 Å². The average Bonchev–Trinajstić information content (AvgIpc) is 2.51. The zero-order valence-corrected chi connectivity index (χ0v) is 12.1. The number of benzene rings is 1. The molecule has 2 aromatic rings. The summed E-state index contributed by atoms with van der Waals surface area (Å²) >= 11 is 0. The molecule has 0 aliphatic carbocycles. The summed E-state index contributed by atoms with van der Waals surface area (Å²) in [5.74, 6) is 0. The Balaban J connectivity index is 2.20. The molecular weight excluding hydrogens is 270 g/mol. The molecule has 6 heteroatoms. The third-order valence-corrected chi connectivity index (χ3v) is 3.44. The Morgan fingerprint density at radius 1 is 1.19 bits per heavy atom. The number of nitrogens with zero attached hydrogens (tertiary/aromatic N) is 2. The predicted molar refractivity (Wildman–Crippen MR) is 80.0 cm³/mol. The standard InChI is InChI=1S/C15H19N3O3/c1-17-9-12(14(20)18(2)15(17)21)8-16-13(10-19)11-6-4-3-5-7-11/h3-7,9,13,16,19H,8,10H2,1-2H3. The molecular formula is C15H19N3O3. The van der Waals surface area contributed by atoms with Crippen molar-refractivity contribution in [3.05, 3.63) is 68.5 Å². The largest absolute Gasteiger partial charge is 0.394 e. The van der Waals surface area contributed by atoms with E-state index in [0.29, 0.717) is 5.56 Å². The molecule has 1 unspecified atom stereocenters. The molecule has 2 N–H and O–H groups in total. The molecule has 1 aromatic heterocycles. The van der Waals surface area contributed by atoms with Crippen LogP contribution in [0.25, 0.3) is 0 Å². The Labute approximate surface area is 122 Å². The molecule has 1 heterocycles. The van der Waals surface area contributed by atoms with Crippen LogP contribution in [0.15, 0.2) is 46.1 Å². The van der Waals surface area contributed by atoms with Crippen molar-refractivity contribution in [2.45, 2.75) is 12.6 Å². The zero-order chi connectivity index (χ0) is 15.4. The van der Waals surface area contributed by atoms with Gasteiger partial charge in [0.2, 0.25) is 0 Å². The molecule has 1 atom stereocenters. The Morgan fingerprint density at radius 2 is 1.86 bits per heavy atom. The zero-order valence-electron chi connectivity index (χ0n) is 12.1. The van der Waals surface area contributed by atoms with Crippen LogP contribution in [-0.2, 0) is 20.6 Å². The second kappa shape index (κ2) is 6.51. The first-order valence-corrected chi connectivity index (χ1v) is 6.69. The molecule has 0 spiro atoms. The Hall–Kier alpha value is -2.18. The summed E-state index contributed by atoms with van der Waals surface area (Å²) in [4.78, 5) is 23.6. The van der Waals surface area contributed by atoms with Gasteiger partial charge in [-0.3, -0.25) is 9.36 Å². The topological polar surface area (TPSA) is 76.3 Å². The van der Waals surface area contributed by atoms with Gasteiger partial charge in [-0.25, -0.2) is 4.79 Å². The number of aliphatic hydroxyl groups excluding tert-OH is 1. The normalized spacial score (nSPS) is 12.3. The second-order valence-electron chi connectivity index (χ2n) is 4.94. The third-order valence-electron chi connectivity index (χ3n) is 3.44. The van der Waals surface area contributed by atoms with Crippen LogP contribution >= 0.6 is 0 Å². The van der Waals surface area contributed by atoms with Crippen LogP contribution in [0.2, 0.25) is 0 Å². The fourth-order valence-electron chi connectivity index (χ4n) is 2.21. The summed E-state index contributed by atoms with van der Waals surface area (Å²) in [6.45, 7) is 0.205. The summed E-state index contributed by atoms with van der Waals surface area (Å²) in [7, 11) is 3.06. The van der Waals surface area contributed by atoms with Crippen molar-refractivity contribution < 1.29 is 5.11 Å². The highest BCUT2D eigenvalue weighted by molar-refractivity contribution is 5.19. The van der Waals surface area contributed by atoms with Gasteiger partial charge in [-0.05, 0) is 5.56 Å². The van der Waals surface area contributed by atoms with Crippen molar-refractivity contribution in [2.24, 2.45) is 14.1 Å². The van der Waals surface area contributed by atoms with Crippen molar-refractivity contribution >= 4 is 0 Å². The Bertz CT molecular complexity index is 719. The van der Waals surface area contributed by atoms with Crippen molar-refractivity contribution in [1.82, 2.24) is 14.5 Å². The van der Waals surface area contributed by atoms with Crippen LogP contribution in [0.1, 0.15) is 17.2 Å². The summed E-state index contributed by atoms with van der Waals surface area (Å²) < 4.78 is 2.45. The van der Waals surface area contributed by atoms with Gasteiger partial charge >= 0.3 is 5.69 Å². The summed E-state index contributed by atoms with van der Waals surface area (Å²) in [5.41, 5.74) is 0.747. The van der Waals surface area contributed by atoms with Crippen LogP contribution in [0, 0.1) is 0 Å². The number of nitrogens with one attached hydrogen (secondary N) is 1. The van der Waals surface area contributed by atoms with Gasteiger partial charge in [0.15, 0.2) is 0 Å². The number of hydrogen-bond acceptors (Lipinski definition) is 4. The summed E-state index contributed by atoms with van der Waals surface area (Å²) in [6, 6.07) is 9.25. The minimum atomic E-state index is -0.356. The number of hydrogen-bond donors (Lipinski definition) is 2. The molecule has 6 nitrogen and oxygen atoms in total. The fourth-order valence-corrected chi connectivity index (χ4v) is 2.21. The van der Waals surface area contributed by atoms with Gasteiger partial charge in [-0.15, -0.1) is 0 Å². The van der Waals surface area contributed by atoms with Crippen molar-refractivity contribution in [3.8, 4) is 0 Å². The molecule has 0 radical (unpaired) electrons. The van der Waals surface area contributed by atoms with Crippen LogP contribution in [0.3, 0.4) is 0 Å². The van der Waals surface area contributed by atoms with Crippen molar-refractivity contribution in [2.75, 3.05) is 6.61 Å². The first-order chi connectivity index (χ1) is 10.0. The van der Waals surface area contributed by atoms with Gasteiger partial charge in [-0.1, -0.05) is 30.3 Å². The maximum atomic E-state index is 12.0. The molecule has 0 aliphatic heterocycles. The third kappa shape index (κ3) is 3.29. The van der Waals surface area contributed by atoms with Crippen LogP contribution in [0.5, 0.6) is 0 Å². The molecule has 1 aromatic carbocycles. The van der Waals surface area contributed by atoms with Gasteiger partial charge in [0.25, 0.3) is 5.56 Å². The molecule has 0 amide bonds. The average molecular weight is 289 g/mol. The second-order valence-corrected chi connectivity index (χ2v) is 4.94. The quantitative estimate of drug-likeness (QED) is 0.806. The molecule has 0 saturated heterocycles. The molecule has 0 aliphatic rings. The lowest BCUT2D eigenvalue weighted by Gasteiger charge is -2.17. The highest BCUT2D eigenvalue weighted by Gasteiger charge is 2.12. The van der Waals surface area contributed by atoms with Gasteiger partial charge in [0.1, 0.15) is 0 Å². The molecule has 0 bridgehead atoms. The molecule has 112 valence electrons. The van der Waals surface area contributed by atoms with E-state index in [1.54, 1.807) is 7.05 Å². The number of aliphatic hydroxyl groups is 1. The Morgan fingerprint density at radius 3 is 2.48 bits per heavy atom. The maximum Gasteiger partial charge on any atom is 0.330 e. The lowest BCUT2D eigenvalue weighted by atomic mass is 10.1. The molecule has 21 heavy (non-hydrogen) atoms. The highest BCUT2D eigenvalue weighted by Crippen LogP contribution is 2.11. The van der Waals surface area contributed by atoms with Gasteiger partial charge in [-0.2, -0.15) is 0 Å². The molecule has 2 rings (SSSR count). The molecule has 0 fully saturated rings. The van der Waals surface area contributed by atoms with Crippen LogP contribution in [-0.4, -0.2) is 20.8 Å². The molecule has 0 saturated carbocycles. The first-order valence-electron chi connectivity index (χ1n) is 6.69. The van der Waals surface area contributed by atoms with E-state index in [4.69, 9.17) is 0 Å². The van der Waals surface area contributed by atoms with Gasteiger partial charge < -0.3 is 15.0 Å². The van der Waals surface area contributed by atoms with E-state index in [0.717, 1.165) is 10.1 Å². The summed E-state index contributed by atoms with van der Waals surface area (Å²) in [6.07, 6.45) is 1.52. The van der Waals surface area contributed by atoms with Crippen LogP contribution in [0.4, 0.5) is 0 Å². The SMILES string of the molecule is Cn1cc(CNC(CO)c2ccccc2)c(=O)n(C)c1=O. The van der Waals surface area contributed by atoms with Gasteiger partial charge in [0, 0.05) is 32.4 Å². The fraction of sp³-hybridized carbons (Fsp3) is 0.333. The highest BCUT2D eigenvalue weighted by atomic mass is 16.3. The lowest BCUT2D eigenvalue weighted by Crippen LogP contribution is -2.40. The minimum Gasteiger partial charge on any atom is -0.394 e. The van der Waals surface area contributed by atoms with E-state index in [9.17, 15) is 14.7 Å². The smallest absolute Gasteiger partial charge is 0.330 e. The van der Waals surface area contributed by atoms with Crippen LogP contribution < -0.4 is 16.6 Å². The lowest BCUT2D eigenvalue weighted by molar-refractivity contribution is 0.243. The number of rotatable bonds is 5.